The molecule has 2 atom stereocenters. The Morgan fingerprint density at radius 3 is 1.03 bits per heavy atom. The molecule has 0 saturated heterocycles. The minimum atomic E-state index is -1.11. The third kappa shape index (κ3) is 11.1. The number of aryl methyl sites for hydroxylation is 2. The maximum atomic E-state index is 8.50. The molecule has 4 N–H and O–H groups in total. The minimum Gasteiger partial charge on any atom is -0.480 e. The fourth-order valence-electron chi connectivity index (χ4n) is 2.80. The molecule has 200 valence electrons. The largest absolute Gasteiger partial charge is 0.480 e. The van der Waals surface area contributed by atoms with Crippen molar-refractivity contribution in [2.45, 2.75) is 66.2 Å². The summed E-state index contributed by atoms with van der Waals surface area (Å²) in [4.78, 5) is 0. The molecule has 0 bridgehead atoms. The van der Waals surface area contributed by atoms with Gasteiger partial charge in [-0.15, -0.1) is 0 Å². The molecule has 2 rings (SSSR count). The molecule has 0 radical (unpaired) electrons. The highest BCUT2D eigenvalue weighted by Crippen LogP contribution is 2.29. The van der Waals surface area contributed by atoms with Crippen molar-refractivity contribution in [3.8, 4) is 11.5 Å². The van der Waals surface area contributed by atoms with Crippen molar-refractivity contribution < 1.29 is 29.5 Å². The van der Waals surface area contributed by atoms with Gasteiger partial charge in [0.15, 0.2) is 0 Å². The number of aliphatic hydroxyl groups is 4. The molecule has 0 aliphatic carbocycles. The van der Waals surface area contributed by atoms with Gasteiger partial charge in [-0.05, 0) is 59.1 Å². The molecule has 8 heteroatoms. The van der Waals surface area contributed by atoms with Gasteiger partial charge in [0, 0.05) is 0 Å². The molecule has 0 fully saturated rings. The van der Waals surface area contributed by atoms with E-state index in [1.807, 2.05) is 12.1 Å². The van der Waals surface area contributed by atoms with E-state index in [2.05, 4.69) is 98.6 Å². The first-order valence-electron chi connectivity index (χ1n) is 11.5. The molecule has 0 spiro atoms. The molecular weight excluding hydrogens is 482 g/mol. The quantitative estimate of drug-likeness (QED) is 0.400. The summed E-state index contributed by atoms with van der Waals surface area (Å²) >= 11 is 0. The Hall–Kier alpha value is -1.26. The standard InChI is InChI=1S/2C11H17OP.C5H12O4/c2*1-8-7-9(11(2,3)4)5-6-10(8)12-13;6-1-5(2-7,3-8)4-9/h2*5-7H,13H2,1-4H3;6-9H,1-4H2. The first-order chi connectivity index (χ1) is 16.1. The molecule has 35 heavy (non-hydrogen) atoms. The monoisotopic (exact) mass is 528 g/mol. The van der Waals surface area contributed by atoms with Crippen LogP contribution in [0.5, 0.6) is 11.5 Å². The zero-order valence-corrected chi connectivity index (χ0v) is 24.9. The number of benzene rings is 2. The maximum Gasteiger partial charge on any atom is 0.125 e. The van der Waals surface area contributed by atoms with Crippen molar-refractivity contribution in [1.82, 2.24) is 0 Å². The summed E-state index contributed by atoms with van der Waals surface area (Å²) in [5.41, 5.74) is 4.37. The van der Waals surface area contributed by atoms with E-state index in [4.69, 9.17) is 29.5 Å². The normalized spacial score (nSPS) is 11.6. The van der Waals surface area contributed by atoms with Crippen LogP contribution in [0.4, 0.5) is 0 Å². The van der Waals surface area contributed by atoms with Gasteiger partial charge in [0.1, 0.15) is 11.5 Å². The molecular formula is C27H46O6P2. The van der Waals surface area contributed by atoms with Gasteiger partial charge < -0.3 is 29.5 Å². The van der Waals surface area contributed by atoms with E-state index in [-0.39, 0.29) is 10.8 Å². The second-order valence-corrected chi connectivity index (χ2v) is 11.3. The van der Waals surface area contributed by atoms with Crippen LogP contribution in [0.1, 0.15) is 63.8 Å². The van der Waals surface area contributed by atoms with Crippen molar-refractivity contribution in [3.63, 3.8) is 0 Å². The lowest BCUT2D eigenvalue weighted by Crippen LogP contribution is -2.37. The molecule has 0 aliphatic heterocycles. The molecule has 0 saturated carbocycles. The number of hydrogen-bond donors (Lipinski definition) is 4. The lowest BCUT2D eigenvalue weighted by molar-refractivity contribution is -0.0328. The second-order valence-electron chi connectivity index (χ2n) is 10.8. The van der Waals surface area contributed by atoms with Crippen LogP contribution in [0.3, 0.4) is 0 Å². The topological polar surface area (TPSA) is 99.4 Å². The Labute approximate surface area is 216 Å². The molecule has 0 heterocycles. The highest BCUT2D eigenvalue weighted by molar-refractivity contribution is 7.10. The summed E-state index contributed by atoms with van der Waals surface area (Å²) in [6.07, 6.45) is 0. The summed E-state index contributed by atoms with van der Waals surface area (Å²) < 4.78 is 10.3. The molecule has 0 amide bonds. The molecule has 2 unspecified atom stereocenters. The SMILES string of the molecule is Cc1cc(C(C)(C)C)ccc1OP.Cc1cc(C(C)(C)C)ccc1OP.OCC(CO)(CO)CO. The van der Waals surface area contributed by atoms with Crippen LogP contribution >= 0.6 is 18.9 Å². The van der Waals surface area contributed by atoms with E-state index in [0.717, 1.165) is 11.5 Å². The van der Waals surface area contributed by atoms with E-state index in [9.17, 15) is 0 Å². The van der Waals surface area contributed by atoms with Crippen LogP contribution < -0.4 is 9.05 Å². The average molecular weight is 529 g/mol. The highest BCUT2D eigenvalue weighted by Gasteiger charge is 2.26. The first-order valence-corrected chi connectivity index (χ1v) is 12.5. The Balaban J connectivity index is 0.000000506. The molecule has 0 aromatic heterocycles. The molecule has 2 aromatic carbocycles. The predicted molar refractivity (Wildman–Crippen MR) is 151 cm³/mol. The van der Waals surface area contributed by atoms with Crippen LogP contribution in [0.2, 0.25) is 0 Å². The van der Waals surface area contributed by atoms with Gasteiger partial charge in [-0.1, -0.05) is 65.8 Å². The lowest BCUT2D eigenvalue weighted by atomic mass is 9.86. The van der Waals surface area contributed by atoms with Crippen LogP contribution in [-0.2, 0) is 10.8 Å². The Morgan fingerprint density at radius 1 is 0.600 bits per heavy atom. The van der Waals surface area contributed by atoms with Crippen molar-refractivity contribution in [3.05, 3.63) is 58.7 Å². The second kappa shape index (κ2) is 15.1. The maximum absolute atomic E-state index is 8.50. The van der Waals surface area contributed by atoms with Gasteiger partial charge in [0.05, 0.1) is 50.8 Å². The molecule has 0 aliphatic rings. The predicted octanol–water partition coefficient (Wildman–Crippen LogP) is 4.86. The van der Waals surface area contributed by atoms with Gasteiger partial charge in [0.25, 0.3) is 0 Å². The van der Waals surface area contributed by atoms with E-state index >= 15 is 0 Å². The van der Waals surface area contributed by atoms with E-state index in [0.29, 0.717) is 0 Å². The summed E-state index contributed by atoms with van der Waals surface area (Å²) in [5.74, 6) is 1.86. The summed E-state index contributed by atoms with van der Waals surface area (Å²) in [6, 6.07) is 12.6. The fraction of sp³-hybridized carbons (Fsp3) is 0.556. The van der Waals surface area contributed by atoms with Gasteiger partial charge in [-0.3, -0.25) is 0 Å². The van der Waals surface area contributed by atoms with E-state index in [1.165, 1.54) is 22.3 Å². The number of aliphatic hydroxyl groups excluding tert-OH is 4. The Bertz CT molecular complexity index is 803. The lowest BCUT2D eigenvalue weighted by Gasteiger charge is -2.23. The third-order valence-corrected chi connectivity index (χ3v) is 6.19. The van der Waals surface area contributed by atoms with Crippen molar-refractivity contribution in [1.29, 1.82) is 0 Å². The summed E-state index contributed by atoms with van der Waals surface area (Å²) in [7, 11) is 4.55. The summed E-state index contributed by atoms with van der Waals surface area (Å²) in [5, 5.41) is 34.0. The zero-order chi connectivity index (χ0) is 27.4. The zero-order valence-electron chi connectivity index (χ0n) is 22.6. The van der Waals surface area contributed by atoms with E-state index in [1.54, 1.807) is 0 Å². The van der Waals surface area contributed by atoms with Crippen molar-refractivity contribution in [2.24, 2.45) is 5.41 Å². The van der Waals surface area contributed by atoms with Gasteiger partial charge in [-0.2, -0.15) is 0 Å². The van der Waals surface area contributed by atoms with Gasteiger partial charge >= 0.3 is 0 Å². The Kier molecular flexibility index (Phi) is 14.6. The third-order valence-electron chi connectivity index (χ3n) is 5.68. The average Bonchev–Trinajstić information content (AvgIpc) is 2.80. The minimum absolute atomic E-state index is 0.212. The number of rotatable bonds is 6. The fourth-order valence-corrected chi connectivity index (χ4v) is 3.33. The van der Waals surface area contributed by atoms with E-state index < -0.39 is 31.8 Å². The highest BCUT2D eigenvalue weighted by atomic mass is 31.0. The van der Waals surface area contributed by atoms with Crippen molar-refractivity contribution >= 4 is 18.9 Å². The summed E-state index contributed by atoms with van der Waals surface area (Å²) in [6.45, 7) is 15.8. The number of hydrogen-bond acceptors (Lipinski definition) is 6. The van der Waals surface area contributed by atoms with Crippen LogP contribution in [0.25, 0.3) is 0 Å². The van der Waals surface area contributed by atoms with Gasteiger partial charge in [0.2, 0.25) is 0 Å². The molecule has 6 nitrogen and oxygen atoms in total. The first kappa shape index (κ1) is 33.7. The van der Waals surface area contributed by atoms with Crippen molar-refractivity contribution in [2.75, 3.05) is 26.4 Å². The molecule has 2 aromatic rings. The van der Waals surface area contributed by atoms with Crippen LogP contribution in [0.15, 0.2) is 36.4 Å². The van der Waals surface area contributed by atoms with Crippen LogP contribution in [-0.4, -0.2) is 46.9 Å². The smallest absolute Gasteiger partial charge is 0.125 e. The Morgan fingerprint density at radius 2 is 0.886 bits per heavy atom. The van der Waals surface area contributed by atoms with Crippen LogP contribution in [0, 0.1) is 19.3 Å². The van der Waals surface area contributed by atoms with Gasteiger partial charge in [-0.25, -0.2) is 0 Å².